The fourth-order valence-corrected chi connectivity index (χ4v) is 5.31. The highest BCUT2D eigenvalue weighted by molar-refractivity contribution is 5.73. The van der Waals surface area contributed by atoms with E-state index in [1.54, 1.807) is 0 Å². The molecule has 8 nitrogen and oxygen atoms in total. The van der Waals surface area contributed by atoms with E-state index in [0.29, 0.717) is 12.5 Å². The monoisotopic (exact) mass is 586 g/mol. The third kappa shape index (κ3) is 11.6. The molecule has 0 amide bonds. The maximum atomic E-state index is 10.6. The first-order chi connectivity index (χ1) is 18.7. The normalized spacial score (nSPS) is 21.3. The number of alkyl halides is 6. The van der Waals surface area contributed by atoms with E-state index in [1.807, 2.05) is 24.5 Å². The molecule has 2 N–H and O–H groups in total. The number of halogens is 6. The molecular weight excluding hydrogens is 550 g/mol. The first-order valence-corrected chi connectivity index (χ1v) is 13.2. The molecule has 3 aliphatic rings. The molecule has 1 atom stereocenters. The summed E-state index contributed by atoms with van der Waals surface area (Å²) in [6.45, 7) is 6.26. The number of carbonyl (C=O) groups is 2. The highest BCUT2D eigenvalue weighted by Crippen LogP contribution is 2.42. The van der Waals surface area contributed by atoms with Gasteiger partial charge in [0, 0.05) is 45.2 Å². The van der Waals surface area contributed by atoms with Crippen LogP contribution in [0.3, 0.4) is 0 Å². The molecule has 2 saturated heterocycles. The van der Waals surface area contributed by atoms with Crippen molar-refractivity contribution in [2.24, 2.45) is 11.8 Å². The minimum Gasteiger partial charge on any atom is -0.475 e. The number of aromatic nitrogens is 1. The number of aliphatic carboxylic acids is 2. The van der Waals surface area contributed by atoms with E-state index in [-0.39, 0.29) is 5.60 Å². The summed E-state index contributed by atoms with van der Waals surface area (Å²) in [5.41, 5.74) is 1.35. The second-order valence-electron chi connectivity index (χ2n) is 10.2. The molecule has 1 saturated carbocycles. The van der Waals surface area contributed by atoms with Gasteiger partial charge in [0.25, 0.3) is 0 Å². The van der Waals surface area contributed by atoms with Crippen LogP contribution in [-0.4, -0.2) is 82.8 Å². The summed E-state index contributed by atoms with van der Waals surface area (Å²) in [6.07, 6.45) is 4.08. The smallest absolute Gasteiger partial charge is 0.475 e. The maximum Gasteiger partial charge on any atom is 0.490 e. The Kier molecular flexibility index (Phi) is 13.1. The van der Waals surface area contributed by atoms with E-state index in [0.717, 1.165) is 25.6 Å². The number of hydrogen-bond donors (Lipinski definition) is 2. The average molecular weight is 587 g/mol. The third-order valence-corrected chi connectivity index (χ3v) is 7.41. The Hall–Kier alpha value is -2.45. The number of carboxylic acid groups (broad SMARTS) is 2. The molecule has 1 unspecified atom stereocenters. The van der Waals surface area contributed by atoms with Crippen molar-refractivity contribution in [3.8, 4) is 0 Å². The Morgan fingerprint density at radius 3 is 2.00 bits per heavy atom. The minimum atomic E-state index is -5.08. The Bertz CT molecular complexity index is 877. The molecule has 4 rings (SSSR count). The quantitative estimate of drug-likeness (QED) is 0.327. The van der Waals surface area contributed by atoms with Crippen molar-refractivity contribution in [1.29, 1.82) is 0 Å². The van der Waals surface area contributed by atoms with Gasteiger partial charge in [-0.05, 0) is 68.1 Å². The second kappa shape index (κ2) is 15.5. The number of rotatable bonds is 7. The van der Waals surface area contributed by atoms with Crippen molar-refractivity contribution >= 4 is 11.9 Å². The lowest BCUT2D eigenvalue weighted by Crippen LogP contribution is -2.48. The van der Waals surface area contributed by atoms with Gasteiger partial charge < -0.3 is 24.6 Å². The van der Waals surface area contributed by atoms with E-state index >= 15 is 0 Å². The summed E-state index contributed by atoms with van der Waals surface area (Å²) in [4.78, 5) is 24.6. The molecule has 1 aromatic heterocycles. The van der Waals surface area contributed by atoms with Crippen LogP contribution in [0.5, 0.6) is 0 Å². The number of carboxylic acids is 2. The van der Waals surface area contributed by atoms with Crippen molar-refractivity contribution in [3.63, 3.8) is 0 Å². The van der Waals surface area contributed by atoms with Gasteiger partial charge in [-0.25, -0.2) is 9.59 Å². The fraction of sp³-hybridized carbons (Fsp3) is 0.731. The molecular formula is C26H36F6N2O6. The number of nitrogens with zero attached hydrogens (tertiary/aromatic N) is 2. The predicted octanol–water partition coefficient (Wildman–Crippen LogP) is 5.32. The molecule has 3 heterocycles. The molecule has 14 heteroatoms. The number of piperidine rings is 1. The Morgan fingerprint density at radius 1 is 0.975 bits per heavy atom. The third-order valence-electron chi connectivity index (χ3n) is 7.41. The van der Waals surface area contributed by atoms with E-state index in [9.17, 15) is 26.3 Å². The number of pyridine rings is 1. The molecule has 1 spiro atoms. The lowest BCUT2D eigenvalue weighted by atomic mass is 9.78. The van der Waals surface area contributed by atoms with Crippen molar-refractivity contribution in [2.75, 3.05) is 32.8 Å². The summed E-state index contributed by atoms with van der Waals surface area (Å²) < 4.78 is 75.7. The zero-order valence-electron chi connectivity index (χ0n) is 22.1. The number of hydrogen-bond acceptors (Lipinski definition) is 6. The SMILES string of the molecule is O=C(O)C(F)(F)F.O=C(O)C(F)(F)F.c1cc(COCCC2CCOC23CCN(CC2CCCC2)CC3)ccn1. The topological polar surface area (TPSA) is 109 Å². The minimum absolute atomic E-state index is 0.145. The Balaban J connectivity index is 0.000000333. The van der Waals surface area contributed by atoms with E-state index in [4.69, 9.17) is 29.3 Å². The predicted molar refractivity (Wildman–Crippen MR) is 130 cm³/mol. The van der Waals surface area contributed by atoms with Gasteiger partial charge in [-0.1, -0.05) is 12.8 Å². The fourth-order valence-electron chi connectivity index (χ4n) is 5.31. The molecule has 0 radical (unpaired) electrons. The van der Waals surface area contributed by atoms with Gasteiger partial charge in [0.1, 0.15) is 0 Å². The Labute approximate surface area is 228 Å². The molecule has 0 bridgehead atoms. The summed E-state index contributed by atoms with van der Waals surface area (Å²) in [5.74, 6) is -3.88. The van der Waals surface area contributed by atoms with Crippen LogP contribution < -0.4 is 0 Å². The van der Waals surface area contributed by atoms with Gasteiger partial charge in [-0.2, -0.15) is 26.3 Å². The summed E-state index contributed by atoms with van der Waals surface area (Å²) >= 11 is 0. The molecule has 2 aliphatic heterocycles. The van der Waals surface area contributed by atoms with Gasteiger partial charge in [0.05, 0.1) is 12.2 Å². The van der Waals surface area contributed by atoms with Crippen molar-refractivity contribution in [3.05, 3.63) is 30.1 Å². The van der Waals surface area contributed by atoms with Crippen LogP contribution in [0.4, 0.5) is 26.3 Å². The van der Waals surface area contributed by atoms with Crippen LogP contribution in [0.2, 0.25) is 0 Å². The largest absolute Gasteiger partial charge is 0.490 e. The summed E-state index contributed by atoms with van der Waals surface area (Å²) in [6, 6.07) is 4.06. The van der Waals surface area contributed by atoms with E-state index < -0.39 is 24.3 Å². The molecule has 0 aromatic carbocycles. The Morgan fingerprint density at radius 2 is 1.50 bits per heavy atom. The van der Waals surface area contributed by atoms with Gasteiger partial charge in [0.15, 0.2) is 0 Å². The summed E-state index contributed by atoms with van der Waals surface area (Å²) in [7, 11) is 0. The lowest BCUT2D eigenvalue weighted by Gasteiger charge is -2.43. The van der Waals surface area contributed by atoms with Crippen LogP contribution in [0.25, 0.3) is 0 Å². The van der Waals surface area contributed by atoms with E-state index in [2.05, 4.69) is 9.88 Å². The second-order valence-corrected chi connectivity index (χ2v) is 10.2. The zero-order valence-corrected chi connectivity index (χ0v) is 22.1. The molecule has 1 aliphatic carbocycles. The zero-order chi connectivity index (χ0) is 29.8. The first-order valence-electron chi connectivity index (χ1n) is 13.2. The van der Waals surface area contributed by atoms with Crippen molar-refractivity contribution < 1.29 is 55.6 Å². The molecule has 40 heavy (non-hydrogen) atoms. The maximum absolute atomic E-state index is 10.6. The summed E-state index contributed by atoms with van der Waals surface area (Å²) in [5, 5.41) is 14.2. The van der Waals surface area contributed by atoms with Gasteiger partial charge in [0.2, 0.25) is 0 Å². The molecule has 1 aromatic rings. The highest BCUT2D eigenvalue weighted by atomic mass is 19.4. The highest BCUT2D eigenvalue weighted by Gasteiger charge is 2.46. The molecule has 228 valence electrons. The standard InChI is InChI=1S/C22H34N2O2.2C2HF3O2/c1-2-4-19(3-1)17-24-13-9-22(10-14-24)21(8-16-26-22)7-15-25-18-20-5-11-23-12-6-20;2*3-2(4,5)1(6)7/h5-6,11-12,19,21H,1-4,7-10,13-18H2;2*(H,6,7). The van der Waals surface area contributed by atoms with Crippen LogP contribution in [0.1, 0.15) is 56.9 Å². The van der Waals surface area contributed by atoms with Gasteiger partial charge in [-0.15, -0.1) is 0 Å². The number of likely N-dealkylation sites (tertiary alicyclic amines) is 1. The van der Waals surface area contributed by atoms with Crippen molar-refractivity contribution in [2.45, 2.75) is 75.9 Å². The van der Waals surface area contributed by atoms with Crippen LogP contribution in [-0.2, 0) is 25.7 Å². The first kappa shape index (κ1) is 33.8. The number of ether oxygens (including phenoxy) is 2. The van der Waals surface area contributed by atoms with Crippen LogP contribution in [0.15, 0.2) is 24.5 Å². The van der Waals surface area contributed by atoms with Crippen LogP contribution in [0, 0.1) is 11.8 Å². The van der Waals surface area contributed by atoms with Gasteiger partial charge in [-0.3, -0.25) is 4.98 Å². The van der Waals surface area contributed by atoms with Crippen LogP contribution >= 0.6 is 0 Å². The lowest BCUT2D eigenvalue weighted by molar-refractivity contribution is -0.193. The molecule has 3 fully saturated rings. The van der Waals surface area contributed by atoms with Crippen molar-refractivity contribution in [1.82, 2.24) is 9.88 Å². The van der Waals surface area contributed by atoms with E-state index in [1.165, 1.54) is 70.1 Å². The average Bonchev–Trinajstić information content (AvgIpc) is 3.54. The van der Waals surface area contributed by atoms with Gasteiger partial charge >= 0.3 is 24.3 Å².